The van der Waals surface area contributed by atoms with Gasteiger partial charge in [-0.05, 0) is 18.6 Å². The molecule has 0 bridgehead atoms. The van der Waals surface area contributed by atoms with E-state index in [1.54, 1.807) is 12.1 Å². The van der Waals surface area contributed by atoms with E-state index in [9.17, 15) is 8.42 Å². The molecule has 0 amide bonds. The maximum absolute atomic E-state index is 12.0. The van der Waals surface area contributed by atoms with Crippen LogP contribution in [0.25, 0.3) is 0 Å². The van der Waals surface area contributed by atoms with Crippen LogP contribution in [0.15, 0.2) is 16.3 Å². The van der Waals surface area contributed by atoms with E-state index in [0.717, 1.165) is 4.88 Å². The zero-order chi connectivity index (χ0) is 12.9. The third-order valence-electron chi connectivity index (χ3n) is 2.28. The van der Waals surface area contributed by atoms with Crippen LogP contribution in [0.4, 0.5) is 0 Å². The van der Waals surface area contributed by atoms with Crippen molar-refractivity contribution in [2.45, 2.75) is 36.6 Å². The van der Waals surface area contributed by atoms with Gasteiger partial charge >= 0.3 is 0 Å². The van der Waals surface area contributed by atoms with Crippen LogP contribution in [-0.2, 0) is 16.6 Å². The van der Waals surface area contributed by atoms with Crippen LogP contribution < -0.4 is 10.5 Å². The summed E-state index contributed by atoms with van der Waals surface area (Å²) in [6.45, 7) is 2.24. The predicted molar refractivity (Wildman–Crippen MR) is 70.1 cm³/mol. The fraction of sp³-hybridized carbons (Fsp3) is 0.455. The fourth-order valence-corrected chi connectivity index (χ4v) is 3.87. The molecule has 0 saturated carbocycles. The predicted octanol–water partition coefficient (Wildman–Crippen LogP) is 1.29. The molecule has 1 unspecified atom stereocenters. The molecule has 3 N–H and O–H groups in total. The number of nitrogens with one attached hydrogen (secondary N) is 1. The second-order valence-corrected chi connectivity index (χ2v) is 6.67. The molecule has 0 aromatic carbocycles. The highest BCUT2D eigenvalue weighted by atomic mass is 32.2. The van der Waals surface area contributed by atoms with Gasteiger partial charge in [0, 0.05) is 23.9 Å². The molecule has 17 heavy (non-hydrogen) atoms. The van der Waals surface area contributed by atoms with Gasteiger partial charge in [-0.3, -0.25) is 0 Å². The first-order valence-corrected chi connectivity index (χ1v) is 7.58. The van der Waals surface area contributed by atoms with Gasteiger partial charge < -0.3 is 5.73 Å². The molecule has 0 aliphatic heterocycles. The molecule has 0 aliphatic carbocycles. The lowest BCUT2D eigenvalue weighted by Gasteiger charge is -2.13. The summed E-state index contributed by atoms with van der Waals surface area (Å²) >= 11 is 1.18. The van der Waals surface area contributed by atoms with Gasteiger partial charge in [0.15, 0.2) is 0 Å². The zero-order valence-electron chi connectivity index (χ0n) is 9.64. The van der Waals surface area contributed by atoms with Crippen LogP contribution in [0, 0.1) is 12.3 Å². The van der Waals surface area contributed by atoms with Gasteiger partial charge in [0.25, 0.3) is 0 Å². The van der Waals surface area contributed by atoms with E-state index in [1.165, 1.54) is 11.3 Å². The smallest absolute Gasteiger partial charge is 0.250 e. The van der Waals surface area contributed by atoms with E-state index in [0.29, 0.717) is 19.4 Å². The van der Waals surface area contributed by atoms with Crippen LogP contribution in [0.1, 0.15) is 24.6 Å². The summed E-state index contributed by atoms with van der Waals surface area (Å²) in [6.07, 6.45) is 6.25. The molecular weight excluding hydrogens is 256 g/mol. The van der Waals surface area contributed by atoms with Gasteiger partial charge in [-0.1, -0.05) is 6.92 Å². The molecule has 1 aromatic rings. The minimum Gasteiger partial charge on any atom is -0.326 e. The Balaban J connectivity index is 2.84. The summed E-state index contributed by atoms with van der Waals surface area (Å²) in [6, 6.07) is 3.08. The molecule has 1 rings (SSSR count). The van der Waals surface area contributed by atoms with Gasteiger partial charge in [0.1, 0.15) is 4.21 Å². The molecule has 6 heteroatoms. The molecule has 1 aromatic heterocycles. The topological polar surface area (TPSA) is 72.2 Å². The summed E-state index contributed by atoms with van der Waals surface area (Å²) in [5, 5.41) is 0. The molecule has 0 spiro atoms. The molecule has 1 atom stereocenters. The molecule has 1 heterocycles. The van der Waals surface area contributed by atoms with Gasteiger partial charge in [-0.25, -0.2) is 13.1 Å². The third kappa shape index (κ3) is 3.82. The monoisotopic (exact) mass is 272 g/mol. The quantitative estimate of drug-likeness (QED) is 0.766. The lowest BCUT2D eigenvalue weighted by molar-refractivity contribution is 0.546. The van der Waals surface area contributed by atoms with E-state index in [-0.39, 0.29) is 10.3 Å². The van der Waals surface area contributed by atoms with E-state index in [4.69, 9.17) is 12.2 Å². The minimum absolute atomic E-state index is 0.214. The summed E-state index contributed by atoms with van der Waals surface area (Å²) in [5.74, 6) is 2.47. The van der Waals surface area contributed by atoms with Crippen LogP contribution >= 0.6 is 11.3 Å². The Morgan fingerprint density at radius 3 is 2.76 bits per heavy atom. The molecule has 0 aliphatic rings. The van der Waals surface area contributed by atoms with Crippen molar-refractivity contribution in [1.29, 1.82) is 0 Å². The fourth-order valence-electron chi connectivity index (χ4n) is 1.30. The largest absolute Gasteiger partial charge is 0.326 e. The second kappa shape index (κ2) is 6.17. The van der Waals surface area contributed by atoms with Crippen molar-refractivity contribution < 1.29 is 8.42 Å². The van der Waals surface area contributed by atoms with Crippen molar-refractivity contribution in [3.8, 4) is 12.3 Å². The molecule has 4 nitrogen and oxygen atoms in total. The van der Waals surface area contributed by atoms with Crippen molar-refractivity contribution in [1.82, 2.24) is 4.72 Å². The highest BCUT2D eigenvalue weighted by Crippen LogP contribution is 2.21. The maximum atomic E-state index is 12.0. The van der Waals surface area contributed by atoms with Crippen LogP contribution in [0.2, 0.25) is 0 Å². The van der Waals surface area contributed by atoms with Crippen molar-refractivity contribution in [3.05, 3.63) is 17.0 Å². The summed E-state index contributed by atoms with van der Waals surface area (Å²) in [5.41, 5.74) is 5.45. The standard InChI is InChI=1S/C11H16N2O2S2/c1-3-5-9(4-2)13-17(14,15)11-7-6-10(8-12)16-11/h1,6-7,9,13H,4-5,8,12H2,2H3. The van der Waals surface area contributed by atoms with E-state index in [2.05, 4.69) is 10.6 Å². The summed E-state index contributed by atoms with van der Waals surface area (Å²) in [4.78, 5) is 0.843. The van der Waals surface area contributed by atoms with Gasteiger partial charge in [0.2, 0.25) is 10.0 Å². The number of rotatable bonds is 6. The number of terminal acetylenes is 1. The number of hydrogen-bond donors (Lipinski definition) is 2. The first-order valence-electron chi connectivity index (χ1n) is 5.28. The Hall–Kier alpha value is -0.870. The number of sulfonamides is 1. The van der Waals surface area contributed by atoms with E-state index >= 15 is 0 Å². The first-order chi connectivity index (χ1) is 8.03. The SMILES string of the molecule is C#CCC(CC)NS(=O)(=O)c1ccc(CN)s1. The number of hydrogen-bond acceptors (Lipinski definition) is 4. The number of thiophene rings is 1. The Bertz CT molecular complexity index is 500. The van der Waals surface area contributed by atoms with Crippen molar-refractivity contribution >= 4 is 21.4 Å². The molecule has 0 radical (unpaired) electrons. The maximum Gasteiger partial charge on any atom is 0.250 e. The first kappa shape index (κ1) is 14.2. The molecule has 0 saturated heterocycles. The van der Waals surface area contributed by atoms with E-state index < -0.39 is 10.0 Å². The van der Waals surface area contributed by atoms with Gasteiger partial charge in [-0.15, -0.1) is 23.7 Å². The third-order valence-corrected chi connectivity index (χ3v) is 5.40. The average molecular weight is 272 g/mol. The van der Waals surface area contributed by atoms with Crippen molar-refractivity contribution in [3.63, 3.8) is 0 Å². The Morgan fingerprint density at radius 2 is 2.29 bits per heavy atom. The number of nitrogens with two attached hydrogens (primary N) is 1. The van der Waals surface area contributed by atoms with Gasteiger partial charge in [0.05, 0.1) is 0 Å². The molecular formula is C11H16N2O2S2. The Labute approximate surface area is 106 Å². The van der Waals surface area contributed by atoms with Crippen LogP contribution in [0.3, 0.4) is 0 Å². The Kier molecular flexibility index (Phi) is 5.15. The minimum atomic E-state index is -3.47. The van der Waals surface area contributed by atoms with Gasteiger partial charge in [-0.2, -0.15) is 0 Å². The van der Waals surface area contributed by atoms with Crippen LogP contribution in [-0.4, -0.2) is 14.5 Å². The lowest BCUT2D eigenvalue weighted by Crippen LogP contribution is -2.33. The zero-order valence-corrected chi connectivity index (χ0v) is 11.3. The molecule has 0 fully saturated rings. The van der Waals surface area contributed by atoms with Crippen molar-refractivity contribution in [2.75, 3.05) is 0 Å². The molecule has 94 valence electrons. The summed E-state index contributed by atoms with van der Waals surface area (Å²) < 4.78 is 26.9. The van der Waals surface area contributed by atoms with Crippen molar-refractivity contribution in [2.24, 2.45) is 5.73 Å². The Morgan fingerprint density at radius 1 is 1.59 bits per heavy atom. The highest BCUT2D eigenvalue weighted by Gasteiger charge is 2.20. The highest BCUT2D eigenvalue weighted by molar-refractivity contribution is 7.91. The van der Waals surface area contributed by atoms with E-state index in [1.807, 2.05) is 6.92 Å². The normalized spacial score (nSPS) is 13.2. The summed E-state index contributed by atoms with van der Waals surface area (Å²) in [7, 11) is -3.47. The lowest BCUT2D eigenvalue weighted by atomic mass is 10.2. The average Bonchev–Trinajstić information content (AvgIpc) is 2.77. The van der Waals surface area contributed by atoms with Crippen LogP contribution in [0.5, 0.6) is 0 Å². The second-order valence-electron chi connectivity index (χ2n) is 3.56.